The van der Waals surface area contributed by atoms with Crippen LogP contribution in [0, 0.1) is 0 Å². The Morgan fingerprint density at radius 3 is 2.79 bits per heavy atom. The molecule has 0 radical (unpaired) electrons. The number of aryl methyl sites for hydroxylation is 1. The number of alkyl halides is 1. The average molecular weight is 212 g/mol. The summed E-state index contributed by atoms with van der Waals surface area (Å²) in [7, 11) is 0. The standard InChI is InChI=1S/C12H18ClN/c1-2-3-6-11-7-4-5-8-12(11)14-10-9-13/h4-5,7-8,14H,2-3,6,9-10H2,1H3. The normalized spacial score (nSPS) is 10.1. The zero-order valence-electron chi connectivity index (χ0n) is 8.72. The van der Waals surface area contributed by atoms with Crippen molar-refractivity contribution in [3.63, 3.8) is 0 Å². The average Bonchev–Trinajstić information content (AvgIpc) is 2.24. The van der Waals surface area contributed by atoms with Gasteiger partial charge in [0, 0.05) is 18.1 Å². The Hall–Kier alpha value is -0.690. The molecule has 2 heteroatoms. The van der Waals surface area contributed by atoms with Gasteiger partial charge in [-0.15, -0.1) is 11.6 Å². The minimum absolute atomic E-state index is 0.655. The summed E-state index contributed by atoms with van der Waals surface area (Å²) in [4.78, 5) is 0. The molecule has 0 unspecified atom stereocenters. The molecule has 0 heterocycles. The molecule has 1 aromatic rings. The van der Waals surface area contributed by atoms with Crippen LogP contribution in [0.5, 0.6) is 0 Å². The van der Waals surface area contributed by atoms with Crippen LogP contribution in [-0.4, -0.2) is 12.4 Å². The van der Waals surface area contributed by atoms with Gasteiger partial charge in [0.05, 0.1) is 0 Å². The molecule has 1 N–H and O–H groups in total. The van der Waals surface area contributed by atoms with Gasteiger partial charge in [-0.25, -0.2) is 0 Å². The predicted molar refractivity (Wildman–Crippen MR) is 64.3 cm³/mol. The van der Waals surface area contributed by atoms with Crippen LogP contribution in [0.2, 0.25) is 0 Å². The van der Waals surface area contributed by atoms with Crippen molar-refractivity contribution in [3.8, 4) is 0 Å². The van der Waals surface area contributed by atoms with Crippen molar-refractivity contribution in [3.05, 3.63) is 29.8 Å². The Bertz CT molecular complexity index is 233. The lowest BCUT2D eigenvalue weighted by atomic mass is 10.1. The van der Waals surface area contributed by atoms with Gasteiger partial charge in [0.2, 0.25) is 0 Å². The first-order valence-corrected chi connectivity index (χ1v) is 5.79. The molecule has 0 spiro atoms. The monoisotopic (exact) mass is 211 g/mol. The van der Waals surface area contributed by atoms with Crippen LogP contribution >= 0.6 is 11.6 Å². The van der Waals surface area contributed by atoms with Gasteiger partial charge in [-0.05, 0) is 24.5 Å². The number of benzene rings is 1. The molecule has 78 valence electrons. The predicted octanol–water partition coefficient (Wildman–Crippen LogP) is 3.68. The topological polar surface area (TPSA) is 12.0 Å². The number of halogens is 1. The van der Waals surface area contributed by atoms with E-state index in [2.05, 4.69) is 36.5 Å². The first-order chi connectivity index (χ1) is 6.88. The summed E-state index contributed by atoms with van der Waals surface area (Å²) < 4.78 is 0. The summed E-state index contributed by atoms with van der Waals surface area (Å²) in [5.41, 5.74) is 2.64. The van der Waals surface area contributed by atoms with Crippen molar-refractivity contribution in [1.82, 2.24) is 0 Å². The van der Waals surface area contributed by atoms with Crippen molar-refractivity contribution in [2.75, 3.05) is 17.7 Å². The fourth-order valence-electron chi connectivity index (χ4n) is 1.46. The third-order valence-corrected chi connectivity index (χ3v) is 2.42. The molecule has 14 heavy (non-hydrogen) atoms. The van der Waals surface area contributed by atoms with Crippen LogP contribution in [-0.2, 0) is 6.42 Å². The van der Waals surface area contributed by atoms with Crippen molar-refractivity contribution in [1.29, 1.82) is 0 Å². The molecule has 0 bridgehead atoms. The van der Waals surface area contributed by atoms with Gasteiger partial charge in [0.1, 0.15) is 0 Å². The number of para-hydroxylation sites is 1. The lowest BCUT2D eigenvalue weighted by Crippen LogP contribution is -2.04. The second kappa shape index (κ2) is 6.72. The number of hydrogen-bond donors (Lipinski definition) is 1. The molecule has 1 rings (SSSR count). The Balaban J connectivity index is 2.60. The van der Waals surface area contributed by atoms with E-state index in [1.165, 1.54) is 24.1 Å². The summed E-state index contributed by atoms with van der Waals surface area (Å²) >= 11 is 5.65. The molecule has 0 aliphatic rings. The number of hydrogen-bond acceptors (Lipinski definition) is 1. The molecule has 0 aliphatic heterocycles. The number of rotatable bonds is 6. The van der Waals surface area contributed by atoms with E-state index in [0.717, 1.165) is 13.0 Å². The number of nitrogens with one attached hydrogen (secondary N) is 1. The lowest BCUT2D eigenvalue weighted by molar-refractivity contribution is 0.795. The van der Waals surface area contributed by atoms with Gasteiger partial charge in [0.15, 0.2) is 0 Å². The Morgan fingerprint density at radius 2 is 2.07 bits per heavy atom. The van der Waals surface area contributed by atoms with E-state index in [1.54, 1.807) is 0 Å². The van der Waals surface area contributed by atoms with E-state index in [1.807, 2.05) is 0 Å². The molecule has 0 aliphatic carbocycles. The maximum Gasteiger partial charge on any atom is 0.0396 e. The maximum absolute atomic E-state index is 5.65. The quantitative estimate of drug-likeness (QED) is 0.708. The highest BCUT2D eigenvalue weighted by Gasteiger charge is 1.99. The van der Waals surface area contributed by atoms with Gasteiger partial charge in [-0.3, -0.25) is 0 Å². The maximum atomic E-state index is 5.65. The molecule has 0 aromatic heterocycles. The highest BCUT2D eigenvalue weighted by Crippen LogP contribution is 2.17. The van der Waals surface area contributed by atoms with Crippen molar-refractivity contribution in [2.24, 2.45) is 0 Å². The van der Waals surface area contributed by atoms with E-state index < -0.39 is 0 Å². The van der Waals surface area contributed by atoms with Crippen LogP contribution in [0.3, 0.4) is 0 Å². The van der Waals surface area contributed by atoms with Crippen molar-refractivity contribution >= 4 is 17.3 Å². The summed E-state index contributed by atoms with van der Waals surface area (Å²) in [6.07, 6.45) is 3.64. The highest BCUT2D eigenvalue weighted by atomic mass is 35.5. The minimum atomic E-state index is 0.655. The van der Waals surface area contributed by atoms with Crippen molar-refractivity contribution < 1.29 is 0 Å². The van der Waals surface area contributed by atoms with Gasteiger partial charge in [0.25, 0.3) is 0 Å². The summed E-state index contributed by atoms with van der Waals surface area (Å²) in [5.74, 6) is 0.655. The third kappa shape index (κ3) is 3.59. The fourth-order valence-corrected chi connectivity index (χ4v) is 1.55. The van der Waals surface area contributed by atoms with E-state index in [0.29, 0.717) is 5.88 Å². The second-order valence-corrected chi connectivity index (χ2v) is 3.75. The molecular weight excluding hydrogens is 194 g/mol. The zero-order chi connectivity index (χ0) is 10.2. The van der Waals surface area contributed by atoms with Gasteiger partial charge >= 0.3 is 0 Å². The third-order valence-electron chi connectivity index (χ3n) is 2.23. The van der Waals surface area contributed by atoms with Gasteiger partial charge in [-0.2, -0.15) is 0 Å². The first kappa shape index (κ1) is 11.4. The van der Waals surface area contributed by atoms with Crippen LogP contribution in [0.25, 0.3) is 0 Å². The van der Waals surface area contributed by atoms with Crippen LogP contribution in [0.4, 0.5) is 5.69 Å². The molecule has 1 nitrogen and oxygen atoms in total. The molecule has 0 fully saturated rings. The smallest absolute Gasteiger partial charge is 0.0396 e. The number of anilines is 1. The molecular formula is C12H18ClN. The van der Waals surface area contributed by atoms with E-state index >= 15 is 0 Å². The zero-order valence-corrected chi connectivity index (χ0v) is 9.48. The molecule has 0 saturated carbocycles. The Morgan fingerprint density at radius 1 is 1.29 bits per heavy atom. The first-order valence-electron chi connectivity index (χ1n) is 5.26. The molecule has 0 atom stereocenters. The fraction of sp³-hybridized carbons (Fsp3) is 0.500. The van der Waals surface area contributed by atoms with Gasteiger partial charge < -0.3 is 5.32 Å². The van der Waals surface area contributed by atoms with E-state index in [4.69, 9.17) is 11.6 Å². The lowest BCUT2D eigenvalue weighted by Gasteiger charge is -2.10. The van der Waals surface area contributed by atoms with E-state index in [-0.39, 0.29) is 0 Å². The molecule has 1 aromatic carbocycles. The minimum Gasteiger partial charge on any atom is -0.384 e. The van der Waals surface area contributed by atoms with Crippen LogP contribution < -0.4 is 5.32 Å². The summed E-state index contributed by atoms with van der Waals surface area (Å²) in [5, 5.41) is 3.34. The molecule has 0 amide bonds. The van der Waals surface area contributed by atoms with Gasteiger partial charge in [-0.1, -0.05) is 31.5 Å². The summed E-state index contributed by atoms with van der Waals surface area (Å²) in [6.45, 7) is 3.06. The van der Waals surface area contributed by atoms with Crippen LogP contribution in [0.1, 0.15) is 25.3 Å². The number of unbranched alkanes of at least 4 members (excludes halogenated alkanes) is 1. The highest BCUT2D eigenvalue weighted by molar-refractivity contribution is 6.18. The second-order valence-electron chi connectivity index (χ2n) is 3.38. The van der Waals surface area contributed by atoms with Crippen LogP contribution in [0.15, 0.2) is 24.3 Å². The van der Waals surface area contributed by atoms with Crippen molar-refractivity contribution in [2.45, 2.75) is 26.2 Å². The van der Waals surface area contributed by atoms with E-state index in [9.17, 15) is 0 Å². The Labute approximate surface area is 91.5 Å². The Kier molecular flexibility index (Phi) is 5.46. The summed E-state index contributed by atoms with van der Waals surface area (Å²) in [6, 6.07) is 8.46. The molecule has 0 saturated heterocycles. The largest absolute Gasteiger partial charge is 0.384 e. The SMILES string of the molecule is CCCCc1ccccc1NCCCl.